The summed E-state index contributed by atoms with van der Waals surface area (Å²) in [4.78, 5) is 24.9. The third kappa shape index (κ3) is 5.39. The van der Waals surface area contributed by atoms with Crippen LogP contribution in [-0.4, -0.2) is 23.2 Å². The Morgan fingerprint density at radius 2 is 1.88 bits per heavy atom. The van der Waals surface area contributed by atoms with Gasteiger partial charge in [0.2, 0.25) is 5.91 Å². The number of hydrogen-bond acceptors (Lipinski definition) is 3. The number of halogens is 4. The van der Waals surface area contributed by atoms with Gasteiger partial charge in [-0.1, -0.05) is 42.8 Å². The molecule has 4 nitrogen and oxygen atoms in total. The van der Waals surface area contributed by atoms with Gasteiger partial charge in [0.05, 0.1) is 29.0 Å². The van der Waals surface area contributed by atoms with Gasteiger partial charge < -0.3 is 10.4 Å². The number of hydrogen-bond donors (Lipinski definition) is 2. The van der Waals surface area contributed by atoms with Gasteiger partial charge in [-0.25, -0.2) is 0 Å². The molecule has 180 valence electrons. The molecule has 1 aliphatic carbocycles. The highest BCUT2D eigenvalue weighted by Gasteiger charge is 2.45. The molecule has 0 aliphatic heterocycles. The first-order chi connectivity index (χ1) is 16.0. The summed E-state index contributed by atoms with van der Waals surface area (Å²) in [6.45, 7) is 1.00. The summed E-state index contributed by atoms with van der Waals surface area (Å²) in [5.41, 5.74) is 0.882. The lowest BCUT2D eigenvalue weighted by Gasteiger charge is -2.25. The summed E-state index contributed by atoms with van der Waals surface area (Å²) >= 11 is 7.44. The number of thiophene rings is 1. The largest absolute Gasteiger partial charge is 0.481 e. The predicted octanol–water partition coefficient (Wildman–Crippen LogP) is 7.44. The van der Waals surface area contributed by atoms with Crippen molar-refractivity contribution in [2.45, 2.75) is 44.2 Å². The molecule has 9 heteroatoms. The van der Waals surface area contributed by atoms with Crippen LogP contribution in [0, 0.1) is 11.8 Å². The lowest BCUT2D eigenvalue weighted by atomic mass is 9.89. The summed E-state index contributed by atoms with van der Waals surface area (Å²) < 4.78 is 42.0. The SMILES string of the molecule is CC(C(C(=O)Nc1cc(C(CC(=O)O)C2CC2)ccc1Cl)c1cc2ccccc2s1)C(F)(F)F. The Labute approximate surface area is 203 Å². The molecule has 1 saturated carbocycles. The number of fused-ring (bicyclic) bond motifs is 1. The van der Waals surface area contributed by atoms with Crippen LogP contribution in [0.3, 0.4) is 0 Å². The Morgan fingerprint density at radius 3 is 2.50 bits per heavy atom. The van der Waals surface area contributed by atoms with Crippen LogP contribution >= 0.6 is 22.9 Å². The highest BCUT2D eigenvalue weighted by molar-refractivity contribution is 7.19. The van der Waals surface area contributed by atoms with E-state index in [4.69, 9.17) is 11.6 Å². The van der Waals surface area contributed by atoms with Crippen molar-refractivity contribution in [3.05, 3.63) is 64.0 Å². The van der Waals surface area contributed by atoms with E-state index >= 15 is 0 Å². The summed E-state index contributed by atoms with van der Waals surface area (Å²) in [5.74, 6) is -5.13. The number of aliphatic carboxylic acids is 1. The molecule has 1 aliphatic rings. The maximum Gasteiger partial charge on any atom is 0.392 e. The molecule has 2 N–H and O–H groups in total. The zero-order valence-corrected chi connectivity index (χ0v) is 19.8. The molecule has 0 bridgehead atoms. The number of carboxylic acid groups (broad SMARTS) is 1. The molecule has 0 saturated heterocycles. The van der Waals surface area contributed by atoms with Gasteiger partial charge in [0, 0.05) is 9.58 Å². The Kier molecular flexibility index (Phi) is 6.92. The monoisotopic (exact) mass is 509 g/mol. The van der Waals surface area contributed by atoms with Crippen LogP contribution < -0.4 is 5.32 Å². The molecular weight excluding hydrogens is 487 g/mol. The van der Waals surface area contributed by atoms with E-state index in [0.29, 0.717) is 10.4 Å². The van der Waals surface area contributed by atoms with Crippen LogP contribution in [0.25, 0.3) is 10.1 Å². The highest BCUT2D eigenvalue weighted by Crippen LogP contribution is 2.46. The quantitative estimate of drug-likeness (QED) is 0.331. The molecule has 1 aromatic heterocycles. The fourth-order valence-electron chi connectivity index (χ4n) is 4.27. The van der Waals surface area contributed by atoms with Crippen molar-refractivity contribution in [2.75, 3.05) is 5.32 Å². The van der Waals surface area contributed by atoms with Crippen molar-refractivity contribution in [1.29, 1.82) is 0 Å². The van der Waals surface area contributed by atoms with Gasteiger partial charge in [-0.2, -0.15) is 13.2 Å². The number of carboxylic acids is 1. The molecule has 3 aromatic rings. The Hall–Kier alpha value is -2.58. The van der Waals surface area contributed by atoms with Gasteiger partial charge >= 0.3 is 12.1 Å². The topological polar surface area (TPSA) is 66.4 Å². The van der Waals surface area contributed by atoms with E-state index in [2.05, 4.69) is 5.32 Å². The van der Waals surface area contributed by atoms with Crippen LogP contribution in [0.2, 0.25) is 5.02 Å². The second-order valence-electron chi connectivity index (χ2n) is 8.76. The first-order valence-corrected chi connectivity index (χ1v) is 12.1. The maximum absolute atomic E-state index is 13.7. The zero-order valence-electron chi connectivity index (χ0n) is 18.2. The molecule has 2 aromatic carbocycles. The van der Waals surface area contributed by atoms with E-state index in [0.717, 1.165) is 41.2 Å². The number of alkyl halides is 3. The lowest BCUT2D eigenvalue weighted by molar-refractivity contribution is -0.177. The average molecular weight is 510 g/mol. The van der Waals surface area contributed by atoms with Crippen molar-refractivity contribution in [3.8, 4) is 0 Å². The fraction of sp³-hybridized carbons (Fsp3) is 0.360. The summed E-state index contributed by atoms with van der Waals surface area (Å²) in [5, 5.41) is 12.8. The molecule has 3 atom stereocenters. The lowest BCUT2D eigenvalue weighted by Crippen LogP contribution is -2.34. The third-order valence-electron chi connectivity index (χ3n) is 6.31. The van der Waals surface area contributed by atoms with E-state index in [9.17, 15) is 27.9 Å². The fourth-order valence-corrected chi connectivity index (χ4v) is 5.70. The minimum absolute atomic E-state index is 0.0603. The normalized spacial score (nSPS) is 16.7. The van der Waals surface area contributed by atoms with Crippen molar-refractivity contribution in [2.24, 2.45) is 11.8 Å². The summed E-state index contributed by atoms with van der Waals surface area (Å²) in [6, 6.07) is 13.7. The first-order valence-electron chi connectivity index (χ1n) is 10.9. The van der Waals surface area contributed by atoms with Crippen LogP contribution in [0.4, 0.5) is 18.9 Å². The number of rotatable bonds is 8. The molecule has 34 heavy (non-hydrogen) atoms. The van der Waals surface area contributed by atoms with Gasteiger partial charge in [-0.3, -0.25) is 9.59 Å². The van der Waals surface area contributed by atoms with E-state index in [1.807, 2.05) is 0 Å². The van der Waals surface area contributed by atoms with Crippen LogP contribution in [0.1, 0.15) is 48.5 Å². The van der Waals surface area contributed by atoms with Crippen LogP contribution in [0.5, 0.6) is 0 Å². The predicted molar refractivity (Wildman–Crippen MR) is 128 cm³/mol. The van der Waals surface area contributed by atoms with Gasteiger partial charge in [0.15, 0.2) is 0 Å². The van der Waals surface area contributed by atoms with Crippen molar-refractivity contribution in [1.82, 2.24) is 0 Å². The third-order valence-corrected chi connectivity index (χ3v) is 7.84. The Balaban J connectivity index is 1.66. The molecule has 3 unspecified atom stereocenters. The molecule has 1 fully saturated rings. The van der Waals surface area contributed by atoms with Gasteiger partial charge in [0.1, 0.15) is 0 Å². The Bertz CT molecular complexity index is 1190. The van der Waals surface area contributed by atoms with Crippen LogP contribution in [-0.2, 0) is 9.59 Å². The zero-order chi connectivity index (χ0) is 24.6. The maximum atomic E-state index is 13.7. The number of nitrogens with one attached hydrogen (secondary N) is 1. The standard InChI is InChI=1S/C25H23ClF3NO3S/c1-13(25(27,28)29)23(21-11-16-4-2-3-5-20(16)34-21)24(33)30-19-10-15(8-9-18(19)26)17(12-22(31)32)14-6-7-14/h2-5,8-11,13-14,17,23H,6-7,12H2,1H3,(H,30,33)(H,31,32). The number of amides is 1. The van der Waals surface area contributed by atoms with Gasteiger partial charge in [-0.15, -0.1) is 11.3 Å². The second-order valence-corrected chi connectivity index (χ2v) is 10.3. The van der Waals surface area contributed by atoms with Crippen LogP contribution in [0.15, 0.2) is 48.5 Å². The van der Waals surface area contributed by atoms with E-state index in [1.165, 1.54) is 0 Å². The first kappa shape index (κ1) is 24.5. The number of anilines is 1. The molecule has 0 radical (unpaired) electrons. The molecule has 4 rings (SSSR count). The van der Waals surface area contributed by atoms with E-state index in [-0.39, 0.29) is 29.0 Å². The number of carbonyl (C=O) groups is 2. The van der Waals surface area contributed by atoms with Gasteiger partial charge in [0.25, 0.3) is 0 Å². The summed E-state index contributed by atoms with van der Waals surface area (Å²) in [6.07, 6.45) is -2.81. The second kappa shape index (κ2) is 9.58. The highest BCUT2D eigenvalue weighted by atomic mass is 35.5. The van der Waals surface area contributed by atoms with E-state index in [1.54, 1.807) is 48.5 Å². The minimum Gasteiger partial charge on any atom is -0.481 e. The summed E-state index contributed by atoms with van der Waals surface area (Å²) in [7, 11) is 0. The van der Waals surface area contributed by atoms with Gasteiger partial charge in [-0.05, 0) is 59.9 Å². The number of benzene rings is 2. The van der Waals surface area contributed by atoms with Crippen molar-refractivity contribution < 1.29 is 27.9 Å². The minimum atomic E-state index is -4.58. The molecule has 1 heterocycles. The molecule has 0 spiro atoms. The smallest absolute Gasteiger partial charge is 0.392 e. The average Bonchev–Trinajstić information content (AvgIpc) is 3.51. The molecular formula is C25H23ClF3NO3S. The van der Waals surface area contributed by atoms with Crippen molar-refractivity contribution >= 4 is 50.6 Å². The van der Waals surface area contributed by atoms with Crippen molar-refractivity contribution in [3.63, 3.8) is 0 Å². The molecule has 1 amide bonds. The number of carbonyl (C=O) groups excluding carboxylic acids is 1. The Morgan fingerprint density at radius 1 is 1.18 bits per heavy atom. The van der Waals surface area contributed by atoms with E-state index < -0.39 is 29.9 Å².